The molecule has 0 unspecified atom stereocenters. The zero-order valence-electron chi connectivity index (χ0n) is 12.5. The summed E-state index contributed by atoms with van der Waals surface area (Å²) in [7, 11) is 1.27. The van der Waals surface area contributed by atoms with E-state index in [1.54, 1.807) is 42.5 Å². The van der Waals surface area contributed by atoms with Crippen LogP contribution >= 0.6 is 0 Å². The van der Waals surface area contributed by atoms with Gasteiger partial charge in [0.1, 0.15) is 29.6 Å². The molecule has 0 atom stereocenters. The number of ether oxygens (including phenoxy) is 1. The molecule has 116 valence electrons. The van der Waals surface area contributed by atoms with E-state index in [2.05, 4.69) is 20.3 Å². The van der Waals surface area contributed by atoms with E-state index in [0.29, 0.717) is 16.9 Å². The molecule has 0 amide bonds. The first-order chi connectivity index (χ1) is 11.6. The van der Waals surface area contributed by atoms with E-state index < -0.39 is 5.97 Å². The molecule has 1 heterocycles. The topological polar surface area (TPSA) is 138 Å². The fraction of sp³-hybridized carbons (Fsp3) is 0.0625. The number of esters is 1. The second-order valence-electron chi connectivity index (χ2n) is 4.45. The lowest BCUT2D eigenvalue weighted by Crippen LogP contribution is -2.00. The Bertz CT molecular complexity index is 920. The number of nitriles is 3. The van der Waals surface area contributed by atoms with Gasteiger partial charge in [-0.25, -0.2) is 4.79 Å². The van der Waals surface area contributed by atoms with E-state index in [1.807, 2.05) is 0 Å². The number of hydrogen-bond donors (Lipinski definition) is 2. The van der Waals surface area contributed by atoms with Crippen molar-refractivity contribution < 1.29 is 9.53 Å². The standard InChI is InChI=1S/C16H10N6O2/c1-24-16(23)14-6-13(21-22-14)10-3-2-4-12(5-10)20-15(9-19)11(7-17)8-18/h2-6,20H,1H3,(H,21,22). The number of carbonyl (C=O) groups excluding carboxylic acids is 1. The minimum absolute atomic E-state index is 0.144. The SMILES string of the molecule is COC(=O)c1cc(-c2cccc(NC(C#N)=C(C#N)C#N)c2)n[nH]1. The normalized spacial score (nSPS) is 9.08. The second kappa shape index (κ2) is 7.26. The molecule has 1 aromatic heterocycles. The van der Waals surface area contributed by atoms with Crippen LogP contribution in [-0.2, 0) is 4.74 Å². The number of anilines is 1. The van der Waals surface area contributed by atoms with Gasteiger partial charge in [-0.1, -0.05) is 12.1 Å². The molecule has 1 aromatic carbocycles. The van der Waals surface area contributed by atoms with Crippen LogP contribution in [0.15, 0.2) is 41.6 Å². The van der Waals surface area contributed by atoms with E-state index in [9.17, 15) is 4.79 Å². The predicted octanol–water partition coefficient (Wildman–Crippen LogP) is 2.10. The van der Waals surface area contributed by atoms with Crippen LogP contribution in [-0.4, -0.2) is 23.3 Å². The van der Waals surface area contributed by atoms with Gasteiger partial charge in [-0.05, 0) is 18.2 Å². The summed E-state index contributed by atoms with van der Waals surface area (Å²) >= 11 is 0. The average molecular weight is 318 g/mol. The van der Waals surface area contributed by atoms with Crippen molar-refractivity contribution in [2.75, 3.05) is 12.4 Å². The summed E-state index contributed by atoms with van der Waals surface area (Å²) < 4.78 is 4.60. The van der Waals surface area contributed by atoms with E-state index in [-0.39, 0.29) is 17.0 Å². The molecule has 2 aromatic rings. The number of nitrogens with one attached hydrogen (secondary N) is 2. The molecule has 24 heavy (non-hydrogen) atoms. The van der Waals surface area contributed by atoms with Gasteiger partial charge in [0, 0.05) is 11.3 Å². The van der Waals surface area contributed by atoms with Gasteiger partial charge in [0.2, 0.25) is 0 Å². The number of hydrogen-bond acceptors (Lipinski definition) is 7. The molecule has 0 aliphatic rings. The Morgan fingerprint density at radius 1 is 1.21 bits per heavy atom. The van der Waals surface area contributed by atoms with E-state index in [0.717, 1.165) is 0 Å². The van der Waals surface area contributed by atoms with Crippen molar-refractivity contribution in [3.8, 4) is 29.5 Å². The summed E-state index contributed by atoms with van der Waals surface area (Å²) in [5.41, 5.74) is 1.42. The smallest absolute Gasteiger partial charge is 0.356 e. The van der Waals surface area contributed by atoms with Gasteiger partial charge >= 0.3 is 5.97 Å². The first-order valence-electron chi connectivity index (χ1n) is 6.58. The molecule has 0 aliphatic carbocycles. The van der Waals surface area contributed by atoms with Crippen molar-refractivity contribution >= 4 is 11.7 Å². The third kappa shape index (κ3) is 3.38. The van der Waals surface area contributed by atoms with Crippen molar-refractivity contribution in [2.45, 2.75) is 0 Å². The summed E-state index contributed by atoms with van der Waals surface area (Å²) in [6, 6.07) is 13.4. The quantitative estimate of drug-likeness (QED) is 0.650. The maximum atomic E-state index is 11.4. The van der Waals surface area contributed by atoms with Gasteiger partial charge < -0.3 is 10.1 Å². The number of methoxy groups -OCH3 is 1. The molecule has 8 heteroatoms. The molecule has 2 N–H and O–H groups in total. The molecule has 0 radical (unpaired) electrons. The summed E-state index contributed by atoms with van der Waals surface area (Å²) in [6.07, 6.45) is 0. The highest BCUT2D eigenvalue weighted by Crippen LogP contribution is 2.23. The highest BCUT2D eigenvalue weighted by atomic mass is 16.5. The van der Waals surface area contributed by atoms with E-state index in [1.165, 1.54) is 13.2 Å². The second-order valence-corrected chi connectivity index (χ2v) is 4.45. The number of benzene rings is 1. The number of allylic oxidation sites excluding steroid dienone is 2. The summed E-state index contributed by atoms with van der Waals surface area (Å²) in [5.74, 6) is -0.537. The molecule has 0 saturated carbocycles. The van der Waals surface area contributed by atoms with Gasteiger partial charge in [0.15, 0.2) is 5.57 Å². The van der Waals surface area contributed by atoms with E-state index >= 15 is 0 Å². The first-order valence-corrected chi connectivity index (χ1v) is 6.58. The highest BCUT2D eigenvalue weighted by Gasteiger charge is 2.12. The van der Waals surface area contributed by atoms with Crippen LogP contribution in [0.5, 0.6) is 0 Å². The number of rotatable bonds is 4. The Hall–Kier alpha value is -4.09. The van der Waals surface area contributed by atoms with Crippen LogP contribution < -0.4 is 5.32 Å². The Labute approximate surface area is 137 Å². The van der Waals surface area contributed by atoms with Gasteiger partial charge in [0.25, 0.3) is 0 Å². The Morgan fingerprint density at radius 2 is 1.96 bits per heavy atom. The maximum absolute atomic E-state index is 11.4. The Morgan fingerprint density at radius 3 is 2.58 bits per heavy atom. The maximum Gasteiger partial charge on any atom is 0.356 e. The third-order valence-electron chi connectivity index (χ3n) is 3.00. The molecule has 0 fully saturated rings. The van der Waals surface area contributed by atoms with Crippen LogP contribution in [0.4, 0.5) is 5.69 Å². The van der Waals surface area contributed by atoms with Crippen molar-refractivity contribution in [1.29, 1.82) is 15.8 Å². The van der Waals surface area contributed by atoms with Gasteiger partial charge in [-0.3, -0.25) is 5.10 Å². The lowest BCUT2D eigenvalue weighted by atomic mass is 10.1. The Balaban J connectivity index is 2.34. The monoisotopic (exact) mass is 318 g/mol. The third-order valence-corrected chi connectivity index (χ3v) is 3.00. The largest absolute Gasteiger partial charge is 0.464 e. The number of nitrogens with zero attached hydrogens (tertiary/aromatic N) is 4. The van der Waals surface area contributed by atoms with Crippen LogP contribution in [0.2, 0.25) is 0 Å². The zero-order chi connectivity index (χ0) is 17.5. The van der Waals surface area contributed by atoms with Gasteiger partial charge in [-0.15, -0.1) is 0 Å². The van der Waals surface area contributed by atoms with Crippen LogP contribution in [0.1, 0.15) is 10.5 Å². The number of carbonyl (C=O) groups is 1. The minimum atomic E-state index is -0.537. The lowest BCUT2D eigenvalue weighted by molar-refractivity contribution is 0.0594. The van der Waals surface area contributed by atoms with E-state index in [4.69, 9.17) is 15.8 Å². The van der Waals surface area contributed by atoms with Crippen LogP contribution in [0, 0.1) is 34.0 Å². The molecular weight excluding hydrogens is 308 g/mol. The van der Waals surface area contributed by atoms with Crippen LogP contribution in [0.25, 0.3) is 11.3 Å². The zero-order valence-corrected chi connectivity index (χ0v) is 12.5. The highest BCUT2D eigenvalue weighted by molar-refractivity contribution is 5.88. The number of H-pyrrole nitrogens is 1. The number of aromatic amines is 1. The molecule has 2 rings (SSSR count). The number of aromatic nitrogens is 2. The van der Waals surface area contributed by atoms with Gasteiger partial charge in [0.05, 0.1) is 12.8 Å². The fourth-order valence-corrected chi connectivity index (χ4v) is 1.87. The summed E-state index contributed by atoms with van der Waals surface area (Å²) in [5, 5.41) is 36.1. The fourth-order valence-electron chi connectivity index (χ4n) is 1.87. The van der Waals surface area contributed by atoms with Crippen molar-refractivity contribution in [2.24, 2.45) is 0 Å². The minimum Gasteiger partial charge on any atom is -0.464 e. The molecular formula is C16H10N6O2. The lowest BCUT2D eigenvalue weighted by Gasteiger charge is -2.06. The van der Waals surface area contributed by atoms with Crippen molar-refractivity contribution in [3.05, 3.63) is 47.3 Å². The molecule has 0 spiro atoms. The molecule has 0 saturated heterocycles. The van der Waals surface area contributed by atoms with Gasteiger partial charge in [-0.2, -0.15) is 20.9 Å². The average Bonchev–Trinajstić information content (AvgIpc) is 3.11. The molecule has 0 bridgehead atoms. The predicted molar refractivity (Wildman–Crippen MR) is 82.9 cm³/mol. The molecule has 0 aliphatic heterocycles. The van der Waals surface area contributed by atoms with Crippen LogP contribution in [0.3, 0.4) is 0 Å². The first kappa shape index (κ1) is 16.3. The summed E-state index contributed by atoms with van der Waals surface area (Å²) in [6.45, 7) is 0. The Kier molecular flexibility index (Phi) is 4.92. The summed E-state index contributed by atoms with van der Waals surface area (Å²) in [4.78, 5) is 11.4. The van der Waals surface area contributed by atoms with Crippen molar-refractivity contribution in [1.82, 2.24) is 10.2 Å². The molecule has 8 nitrogen and oxygen atoms in total. The van der Waals surface area contributed by atoms with Crippen molar-refractivity contribution in [3.63, 3.8) is 0 Å².